The number of fused-ring (bicyclic) bond motifs is 1. The number of amides is 1. The molecular formula is C22H29N5OS. The van der Waals surface area contributed by atoms with Gasteiger partial charge in [0, 0.05) is 30.2 Å². The third-order valence-corrected chi connectivity index (χ3v) is 6.79. The van der Waals surface area contributed by atoms with Crippen molar-refractivity contribution in [3.05, 3.63) is 46.0 Å². The second-order valence-corrected chi connectivity index (χ2v) is 9.21. The van der Waals surface area contributed by atoms with Crippen molar-refractivity contribution in [1.82, 2.24) is 24.3 Å². The molecule has 3 aromatic heterocycles. The van der Waals surface area contributed by atoms with E-state index in [1.165, 1.54) is 36.1 Å². The Labute approximate surface area is 176 Å². The monoisotopic (exact) mass is 411 g/mol. The lowest BCUT2D eigenvalue weighted by atomic mass is 10.2. The zero-order chi connectivity index (χ0) is 20.4. The molecule has 0 spiro atoms. The molecule has 0 radical (unpaired) electrons. The molecule has 3 heterocycles. The van der Waals surface area contributed by atoms with Crippen LogP contribution >= 0.6 is 11.3 Å². The molecule has 154 valence electrons. The van der Waals surface area contributed by atoms with Crippen LogP contribution in [-0.2, 0) is 6.54 Å². The molecule has 0 N–H and O–H groups in total. The summed E-state index contributed by atoms with van der Waals surface area (Å²) in [7, 11) is 4.06. The minimum Gasteiger partial charge on any atom is -0.332 e. The summed E-state index contributed by atoms with van der Waals surface area (Å²) >= 11 is 1.71. The molecule has 7 heteroatoms. The molecular weight excluding hydrogens is 382 g/mol. The molecule has 4 rings (SSSR count). The SMILES string of the molecule is Cc1ccsc1CN(CCN(C)C)C(=O)c1cnc2c(c1)ncn2C1CCCC1. The average molecular weight is 412 g/mol. The number of imidazole rings is 1. The molecule has 1 amide bonds. The van der Waals surface area contributed by atoms with Gasteiger partial charge in [-0.3, -0.25) is 4.79 Å². The van der Waals surface area contributed by atoms with E-state index in [2.05, 4.69) is 37.8 Å². The lowest BCUT2D eigenvalue weighted by Crippen LogP contribution is -2.36. The molecule has 1 aliphatic rings. The summed E-state index contributed by atoms with van der Waals surface area (Å²) in [5.74, 6) is 0.0180. The Morgan fingerprint density at radius 2 is 2.03 bits per heavy atom. The van der Waals surface area contributed by atoms with E-state index < -0.39 is 0 Å². The predicted molar refractivity (Wildman–Crippen MR) is 117 cm³/mol. The molecule has 0 aromatic carbocycles. The summed E-state index contributed by atoms with van der Waals surface area (Å²) < 4.78 is 2.19. The van der Waals surface area contributed by atoms with Crippen molar-refractivity contribution in [3.63, 3.8) is 0 Å². The first kappa shape index (κ1) is 20.0. The maximum absolute atomic E-state index is 13.3. The van der Waals surface area contributed by atoms with E-state index in [9.17, 15) is 4.79 Å². The lowest BCUT2D eigenvalue weighted by molar-refractivity contribution is 0.0733. The van der Waals surface area contributed by atoms with Crippen molar-refractivity contribution in [2.45, 2.75) is 45.2 Å². The van der Waals surface area contributed by atoms with Crippen LogP contribution in [0.5, 0.6) is 0 Å². The first-order chi connectivity index (χ1) is 14.0. The van der Waals surface area contributed by atoms with E-state index in [-0.39, 0.29) is 5.91 Å². The Bertz CT molecular complexity index is 986. The Morgan fingerprint density at radius 1 is 1.24 bits per heavy atom. The first-order valence-electron chi connectivity index (χ1n) is 10.3. The van der Waals surface area contributed by atoms with E-state index in [0.717, 1.165) is 17.7 Å². The van der Waals surface area contributed by atoms with Crippen LogP contribution in [0.1, 0.15) is 52.5 Å². The third kappa shape index (κ3) is 4.36. The Hall–Kier alpha value is -2.25. The van der Waals surface area contributed by atoms with Crippen LogP contribution in [0.15, 0.2) is 30.0 Å². The summed E-state index contributed by atoms with van der Waals surface area (Å²) in [6.07, 6.45) is 8.52. The van der Waals surface area contributed by atoms with Gasteiger partial charge >= 0.3 is 0 Å². The van der Waals surface area contributed by atoms with Crippen molar-refractivity contribution in [2.24, 2.45) is 0 Å². The van der Waals surface area contributed by atoms with Gasteiger partial charge in [0.25, 0.3) is 5.91 Å². The second kappa shape index (κ2) is 8.63. The van der Waals surface area contributed by atoms with E-state index in [0.29, 0.717) is 24.7 Å². The van der Waals surface area contributed by atoms with Crippen molar-refractivity contribution in [3.8, 4) is 0 Å². The number of rotatable bonds is 7. The molecule has 6 nitrogen and oxygen atoms in total. The molecule has 1 aliphatic carbocycles. The first-order valence-corrected chi connectivity index (χ1v) is 11.2. The molecule has 3 aromatic rings. The highest BCUT2D eigenvalue weighted by atomic mass is 32.1. The average Bonchev–Trinajstić information content (AvgIpc) is 3.45. The van der Waals surface area contributed by atoms with Crippen LogP contribution in [0.25, 0.3) is 11.2 Å². The van der Waals surface area contributed by atoms with Crippen LogP contribution in [0, 0.1) is 6.92 Å². The minimum atomic E-state index is 0.0180. The minimum absolute atomic E-state index is 0.0180. The number of hydrogen-bond donors (Lipinski definition) is 0. The van der Waals surface area contributed by atoms with E-state index >= 15 is 0 Å². The number of thiophene rings is 1. The Kier molecular flexibility index (Phi) is 5.96. The molecule has 1 saturated carbocycles. The fourth-order valence-electron chi connectivity index (χ4n) is 3.98. The van der Waals surface area contributed by atoms with Crippen molar-refractivity contribution in [2.75, 3.05) is 27.2 Å². The van der Waals surface area contributed by atoms with Gasteiger partial charge in [0.05, 0.1) is 18.4 Å². The van der Waals surface area contributed by atoms with Gasteiger partial charge in [0.15, 0.2) is 5.65 Å². The summed E-state index contributed by atoms with van der Waals surface area (Å²) in [5, 5.41) is 2.09. The molecule has 0 aliphatic heterocycles. The molecule has 0 atom stereocenters. The number of likely N-dealkylation sites (N-methyl/N-ethyl adjacent to an activating group) is 1. The highest BCUT2D eigenvalue weighted by molar-refractivity contribution is 7.10. The maximum Gasteiger partial charge on any atom is 0.255 e. The molecule has 0 unspecified atom stereocenters. The van der Waals surface area contributed by atoms with Gasteiger partial charge in [-0.1, -0.05) is 12.8 Å². The molecule has 0 saturated heterocycles. The van der Waals surface area contributed by atoms with Crippen LogP contribution in [0.3, 0.4) is 0 Å². The van der Waals surface area contributed by atoms with Gasteiger partial charge in [-0.25, -0.2) is 9.97 Å². The topological polar surface area (TPSA) is 54.3 Å². The highest BCUT2D eigenvalue weighted by Gasteiger charge is 2.22. The number of aryl methyl sites for hydroxylation is 1. The number of carbonyl (C=O) groups excluding carboxylic acids is 1. The number of aromatic nitrogens is 3. The standard InChI is InChI=1S/C22H29N5OS/c1-16-8-11-29-20(16)14-26(10-9-25(2)3)22(28)17-12-19-21(23-13-17)27(15-24-19)18-6-4-5-7-18/h8,11-13,15,18H,4-7,9-10,14H2,1-3H3. The smallest absolute Gasteiger partial charge is 0.255 e. The third-order valence-electron chi connectivity index (χ3n) is 5.79. The van der Waals surface area contributed by atoms with E-state index in [4.69, 9.17) is 0 Å². The Morgan fingerprint density at radius 3 is 2.72 bits per heavy atom. The number of carbonyl (C=O) groups is 1. The lowest BCUT2D eigenvalue weighted by Gasteiger charge is -2.24. The van der Waals surface area contributed by atoms with Crippen LogP contribution < -0.4 is 0 Å². The van der Waals surface area contributed by atoms with Gasteiger partial charge in [-0.2, -0.15) is 0 Å². The summed E-state index contributed by atoms with van der Waals surface area (Å²) in [5.41, 5.74) is 3.55. The highest BCUT2D eigenvalue weighted by Crippen LogP contribution is 2.31. The summed E-state index contributed by atoms with van der Waals surface area (Å²) in [6, 6.07) is 4.50. The summed E-state index contributed by atoms with van der Waals surface area (Å²) in [6.45, 7) is 4.23. The number of pyridine rings is 1. The van der Waals surface area contributed by atoms with Gasteiger partial charge in [0.2, 0.25) is 0 Å². The largest absolute Gasteiger partial charge is 0.332 e. The summed E-state index contributed by atoms with van der Waals surface area (Å²) in [4.78, 5) is 27.8. The van der Waals surface area contributed by atoms with Crippen LogP contribution in [0.2, 0.25) is 0 Å². The van der Waals surface area contributed by atoms with Gasteiger partial charge in [0.1, 0.15) is 5.52 Å². The van der Waals surface area contributed by atoms with Crippen molar-refractivity contribution >= 4 is 28.4 Å². The molecule has 0 bridgehead atoms. The quantitative estimate of drug-likeness (QED) is 0.587. The zero-order valence-corrected chi connectivity index (χ0v) is 18.3. The normalized spacial score (nSPS) is 14.9. The number of nitrogens with zero attached hydrogens (tertiary/aromatic N) is 5. The van der Waals surface area contributed by atoms with E-state index in [1.807, 2.05) is 31.4 Å². The molecule has 29 heavy (non-hydrogen) atoms. The fourth-order valence-corrected chi connectivity index (χ4v) is 4.90. The predicted octanol–water partition coefficient (Wildman–Crippen LogP) is 4.12. The number of hydrogen-bond acceptors (Lipinski definition) is 5. The van der Waals surface area contributed by atoms with Crippen LogP contribution in [-0.4, -0.2) is 57.4 Å². The van der Waals surface area contributed by atoms with Crippen molar-refractivity contribution in [1.29, 1.82) is 0 Å². The van der Waals surface area contributed by atoms with Crippen LogP contribution in [0.4, 0.5) is 0 Å². The zero-order valence-electron chi connectivity index (χ0n) is 17.5. The van der Waals surface area contributed by atoms with E-state index in [1.54, 1.807) is 17.5 Å². The van der Waals surface area contributed by atoms with Gasteiger partial charge in [-0.15, -0.1) is 11.3 Å². The Balaban J connectivity index is 1.58. The maximum atomic E-state index is 13.3. The second-order valence-electron chi connectivity index (χ2n) is 8.21. The van der Waals surface area contributed by atoms with Gasteiger partial charge in [-0.05, 0) is 56.9 Å². The van der Waals surface area contributed by atoms with Gasteiger partial charge < -0.3 is 14.4 Å². The molecule has 1 fully saturated rings. The van der Waals surface area contributed by atoms with Crippen molar-refractivity contribution < 1.29 is 4.79 Å². The fraction of sp³-hybridized carbons (Fsp3) is 0.500.